The van der Waals surface area contributed by atoms with Crippen molar-refractivity contribution in [2.45, 2.75) is 110 Å². The van der Waals surface area contributed by atoms with Crippen molar-refractivity contribution in [2.24, 2.45) is 5.41 Å². The van der Waals surface area contributed by atoms with E-state index in [0.717, 1.165) is 70.0 Å². The Bertz CT molecular complexity index is 2880. The molecule has 4 amide bonds. The predicted molar refractivity (Wildman–Crippen MR) is 281 cm³/mol. The number of likely N-dealkylation sites (tertiary alicyclic amines) is 1. The van der Waals surface area contributed by atoms with Crippen LogP contribution in [0.3, 0.4) is 0 Å². The molecule has 0 saturated carbocycles. The zero-order chi connectivity index (χ0) is 53.5. The van der Waals surface area contributed by atoms with Crippen LogP contribution >= 0.6 is 23.6 Å². The number of anilines is 2. The number of nitrogens with one attached hydrogen (secondary N) is 2. The lowest BCUT2D eigenvalue weighted by molar-refractivity contribution is -0.142. The van der Waals surface area contributed by atoms with Gasteiger partial charge in [-0.1, -0.05) is 57.2 Å². The topological polar surface area (TPSA) is 177 Å². The molecule has 4 aromatic carbocycles. The Morgan fingerprint density at radius 1 is 0.932 bits per heavy atom. The van der Waals surface area contributed by atoms with E-state index in [4.69, 9.17) is 21.7 Å². The highest BCUT2D eigenvalue weighted by atomic mass is 32.1. The Kier molecular flexibility index (Phi) is 17.3. The lowest BCUT2D eigenvalue weighted by atomic mass is 9.85. The van der Waals surface area contributed by atoms with Crippen LogP contribution in [0.4, 0.5) is 24.5 Å². The number of aromatic nitrogens is 1. The quantitative estimate of drug-likeness (QED) is 0.0531. The van der Waals surface area contributed by atoms with Gasteiger partial charge in [0.1, 0.15) is 23.4 Å². The molecule has 3 atom stereocenters. The number of unbranched alkanes of at least 4 members (excludes halogenated alkanes) is 1. The Hall–Kier alpha value is -6.72. The van der Waals surface area contributed by atoms with Gasteiger partial charge in [0.05, 0.1) is 51.7 Å². The largest absolute Gasteiger partial charge is 0.494 e. The van der Waals surface area contributed by atoms with Crippen molar-refractivity contribution in [3.8, 4) is 22.3 Å². The number of amides is 4. The number of nitriles is 1. The van der Waals surface area contributed by atoms with Gasteiger partial charge in [0.15, 0.2) is 5.11 Å². The van der Waals surface area contributed by atoms with Crippen LogP contribution < -0.4 is 25.2 Å². The molecule has 3 N–H and O–H groups in total. The third-order valence-electron chi connectivity index (χ3n) is 13.1. The van der Waals surface area contributed by atoms with Crippen molar-refractivity contribution in [2.75, 3.05) is 36.2 Å². The van der Waals surface area contributed by atoms with Gasteiger partial charge in [0.2, 0.25) is 11.8 Å². The van der Waals surface area contributed by atoms with Crippen molar-refractivity contribution in [1.82, 2.24) is 20.5 Å². The summed E-state index contributed by atoms with van der Waals surface area (Å²) in [7, 11) is 0. The summed E-state index contributed by atoms with van der Waals surface area (Å²) in [5.41, 5.74) is 2.92. The maximum atomic E-state index is 14.1. The predicted octanol–water partition coefficient (Wildman–Crippen LogP) is 9.16. The second-order valence-corrected chi connectivity index (χ2v) is 21.2. The van der Waals surface area contributed by atoms with Gasteiger partial charge in [0.25, 0.3) is 11.8 Å². The van der Waals surface area contributed by atoms with Crippen LogP contribution in [-0.2, 0) is 38.3 Å². The summed E-state index contributed by atoms with van der Waals surface area (Å²) >= 11 is 7.20. The molecule has 5 aromatic rings. The number of carbonyl (C=O) groups is 4. The number of β-amino-alcohol motifs (C(OH)–C–C–N with tert-alkyl or cyclic N) is 1. The van der Waals surface area contributed by atoms with Crippen molar-refractivity contribution in [3.05, 3.63) is 130 Å². The second kappa shape index (κ2) is 23.2. The number of aliphatic hydroxyl groups is 1. The summed E-state index contributed by atoms with van der Waals surface area (Å²) in [4.78, 5) is 64.2. The Balaban J connectivity index is 0.811. The number of carbonyl (C=O) groups excluding carboxylic acids is 4. The van der Waals surface area contributed by atoms with Crippen molar-refractivity contribution >= 4 is 63.7 Å². The number of aliphatic hydroxyl groups excluding tert-OH is 1. The minimum Gasteiger partial charge on any atom is -0.494 e. The molecule has 0 bridgehead atoms. The van der Waals surface area contributed by atoms with Gasteiger partial charge in [-0.05, 0) is 135 Å². The number of hydrogen-bond donors (Lipinski definition) is 3. The standard InChI is InChI=1S/C55H60F3N7O7S2/c1-34-46(74-33-61-34)37-15-13-36(14-16-37)31-60-49(68)45-29-42(66)32-63(45)50(69)47(53(2,3)4)62-48(67)38-17-11-35(12-18-38)10-9-26-71-25-7-8-27-72-43-23-21-40(22-24-43)65-52(73)64(51(70)54(65,5)6)41-20-19-39(30-59)44(28-41)55(56,57)58/h11-24,28,33,42,45,47,66H,7-10,25-27,29,31-32H2,1-6H3,(H,60,68)(H,62,67)/t42-,45+,47-/m1/s1. The summed E-state index contributed by atoms with van der Waals surface area (Å²) in [6.07, 6.45) is -2.63. The van der Waals surface area contributed by atoms with Crippen LogP contribution in [0.2, 0.25) is 0 Å². The maximum absolute atomic E-state index is 14.1. The highest BCUT2D eigenvalue weighted by molar-refractivity contribution is 7.81. The van der Waals surface area contributed by atoms with E-state index in [-0.39, 0.29) is 36.2 Å². The molecule has 74 heavy (non-hydrogen) atoms. The number of halogens is 3. The summed E-state index contributed by atoms with van der Waals surface area (Å²) in [6, 6.07) is 24.7. The molecule has 0 radical (unpaired) electrons. The van der Waals surface area contributed by atoms with Crippen molar-refractivity contribution < 1.29 is 46.9 Å². The Morgan fingerprint density at radius 3 is 2.22 bits per heavy atom. The highest BCUT2D eigenvalue weighted by Crippen LogP contribution is 2.40. The molecule has 390 valence electrons. The van der Waals surface area contributed by atoms with E-state index in [0.29, 0.717) is 36.8 Å². The summed E-state index contributed by atoms with van der Waals surface area (Å²) in [5.74, 6) is -1.17. The van der Waals surface area contributed by atoms with Crippen LogP contribution in [0, 0.1) is 23.7 Å². The van der Waals surface area contributed by atoms with Crippen LogP contribution in [0.5, 0.6) is 5.75 Å². The fourth-order valence-electron chi connectivity index (χ4n) is 8.95. The monoisotopic (exact) mass is 1050 g/mol. The zero-order valence-corrected chi connectivity index (χ0v) is 43.8. The first kappa shape index (κ1) is 55.0. The first-order valence-corrected chi connectivity index (χ1v) is 25.6. The van der Waals surface area contributed by atoms with Gasteiger partial charge in [0, 0.05) is 44.0 Å². The normalized spacial score (nSPS) is 17.1. The van der Waals surface area contributed by atoms with E-state index in [9.17, 15) is 42.7 Å². The molecule has 19 heteroatoms. The summed E-state index contributed by atoms with van der Waals surface area (Å²) < 4.78 is 53.0. The van der Waals surface area contributed by atoms with E-state index in [1.807, 2.05) is 64.1 Å². The minimum atomic E-state index is -4.80. The lowest BCUT2D eigenvalue weighted by Crippen LogP contribution is -2.57. The molecule has 2 saturated heterocycles. The van der Waals surface area contributed by atoms with E-state index >= 15 is 0 Å². The molecule has 2 aliphatic rings. The number of alkyl halides is 3. The van der Waals surface area contributed by atoms with Gasteiger partial charge >= 0.3 is 6.18 Å². The van der Waals surface area contributed by atoms with E-state index in [1.165, 1.54) is 11.0 Å². The number of ether oxygens (including phenoxy) is 2. The van der Waals surface area contributed by atoms with E-state index < -0.39 is 64.2 Å². The van der Waals surface area contributed by atoms with Gasteiger partial charge in [-0.25, -0.2) is 4.98 Å². The number of thiazole rings is 1. The zero-order valence-electron chi connectivity index (χ0n) is 42.1. The molecule has 7 rings (SSSR count). The third-order valence-corrected chi connectivity index (χ3v) is 14.4. The van der Waals surface area contributed by atoms with Crippen LogP contribution in [0.15, 0.2) is 96.5 Å². The first-order chi connectivity index (χ1) is 35.1. The first-order valence-electron chi connectivity index (χ1n) is 24.3. The number of nitrogens with zero attached hydrogens (tertiary/aromatic N) is 5. The number of rotatable bonds is 19. The molecule has 3 heterocycles. The van der Waals surface area contributed by atoms with Crippen LogP contribution in [0.1, 0.15) is 98.6 Å². The average Bonchev–Trinajstić information content (AvgIpc) is 4.03. The summed E-state index contributed by atoms with van der Waals surface area (Å²) in [6.45, 7) is 12.5. The second-order valence-electron chi connectivity index (χ2n) is 20.0. The molecular formula is C55H60F3N7O7S2. The smallest absolute Gasteiger partial charge is 0.417 e. The van der Waals surface area contributed by atoms with E-state index in [2.05, 4.69) is 15.6 Å². The third kappa shape index (κ3) is 12.8. The van der Waals surface area contributed by atoms with Crippen molar-refractivity contribution in [1.29, 1.82) is 5.26 Å². The molecule has 0 aliphatic carbocycles. The fourth-order valence-corrected chi connectivity index (χ4v) is 10.3. The van der Waals surface area contributed by atoms with Crippen molar-refractivity contribution in [3.63, 3.8) is 0 Å². The molecule has 1 aromatic heterocycles. The SMILES string of the molecule is Cc1ncsc1-c1ccc(CNC(=O)[C@@H]2C[C@@H](O)CN2C(=O)[C@@H](NC(=O)c2ccc(CCCOCCCCOc3ccc(N4C(=S)N(c5ccc(C#N)c(C(F)(F)F)c5)C(=O)C4(C)C)cc3)cc2)C(C)(C)C)cc1. The highest BCUT2D eigenvalue weighted by Gasteiger charge is 2.51. The molecular weight excluding hydrogens is 992 g/mol. The number of benzene rings is 4. The maximum Gasteiger partial charge on any atom is 0.417 e. The summed E-state index contributed by atoms with van der Waals surface area (Å²) in [5, 5.41) is 25.7. The Labute approximate surface area is 438 Å². The fraction of sp³-hybridized carbons (Fsp3) is 0.400. The van der Waals surface area contributed by atoms with Gasteiger partial charge in [-0.3, -0.25) is 24.1 Å². The lowest BCUT2D eigenvalue weighted by Gasteiger charge is -2.35. The molecule has 2 fully saturated rings. The minimum absolute atomic E-state index is 0.00290. The molecule has 0 spiro atoms. The molecule has 14 nitrogen and oxygen atoms in total. The van der Waals surface area contributed by atoms with Gasteiger partial charge in [-0.15, -0.1) is 11.3 Å². The van der Waals surface area contributed by atoms with Crippen LogP contribution in [-0.4, -0.2) is 93.8 Å². The molecule has 2 aliphatic heterocycles. The van der Waals surface area contributed by atoms with Gasteiger partial charge < -0.3 is 35.0 Å². The Morgan fingerprint density at radius 2 is 1.58 bits per heavy atom. The number of thiocarbonyl (C=S) groups is 1. The van der Waals surface area contributed by atoms with Crippen LogP contribution in [0.25, 0.3) is 10.4 Å². The number of hydrogen-bond acceptors (Lipinski definition) is 11. The van der Waals surface area contributed by atoms with E-state index in [1.54, 1.807) is 78.1 Å². The molecule has 0 unspecified atom stereocenters. The van der Waals surface area contributed by atoms with Gasteiger partial charge in [-0.2, -0.15) is 18.4 Å². The average molecular weight is 1050 g/mol. The number of aryl methyl sites for hydroxylation is 2.